The highest BCUT2D eigenvalue weighted by molar-refractivity contribution is 5.92. The van der Waals surface area contributed by atoms with Gasteiger partial charge in [-0.25, -0.2) is 9.07 Å². The van der Waals surface area contributed by atoms with Gasteiger partial charge in [0.05, 0.1) is 23.6 Å². The van der Waals surface area contributed by atoms with Crippen LogP contribution >= 0.6 is 0 Å². The van der Waals surface area contributed by atoms with Gasteiger partial charge in [0.1, 0.15) is 11.5 Å². The SMILES string of the molecule is CC1(C)Cc2c(cnn2-c2cccc(F)c2)[C@@H](NC(=O)c2cc(=O)[nH][nH]2)C1. The van der Waals surface area contributed by atoms with Gasteiger partial charge >= 0.3 is 0 Å². The topological polar surface area (TPSA) is 95.6 Å². The van der Waals surface area contributed by atoms with Crippen LogP contribution in [0.2, 0.25) is 0 Å². The van der Waals surface area contributed by atoms with Gasteiger partial charge in [0.15, 0.2) is 0 Å². The summed E-state index contributed by atoms with van der Waals surface area (Å²) < 4.78 is 15.4. The highest BCUT2D eigenvalue weighted by atomic mass is 19.1. The van der Waals surface area contributed by atoms with Crippen LogP contribution in [0, 0.1) is 11.2 Å². The predicted octanol–water partition coefficient (Wildman–Crippen LogP) is 2.47. The molecule has 2 aromatic heterocycles. The van der Waals surface area contributed by atoms with Crippen LogP contribution in [0.3, 0.4) is 0 Å². The van der Waals surface area contributed by atoms with Crippen molar-refractivity contribution in [3.8, 4) is 5.69 Å². The Morgan fingerprint density at radius 3 is 2.85 bits per heavy atom. The van der Waals surface area contributed by atoms with E-state index in [0.29, 0.717) is 5.69 Å². The fraction of sp³-hybridized carbons (Fsp3) is 0.316. The number of amides is 1. The maximum Gasteiger partial charge on any atom is 0.269 e. The minimum Gasteiger partial charge on any atom is -0.344 e. The van der Waals surface area contributed by atoms with Crippen molar-refractivity contribution in [2.24, 2.45) is 5.41 Å². The molecule has 0 fully saturated rings. The van der Waals surface area contributed by atoms with Gasteiger partial charge in [-0.1, -0.05) is 19.9 Å². The summed E-state index contributed by atoms with van der Waals surface area (Å²) >= 11 is 0. The largest absolute Gasteiger partial charge is 0.344 e. The zero-order valence-corrected chi connectivity index (χ0v) is 15.0. The van der Waals surface area contributed by atoms with Crippen molar-refractivity contribution in [3.05, 3.63) is 69.7 Å². The number of nitrogens with zero attached hydrogens (tertiary/aromatic N) is 2. The van der Waals surface area contributed by atoms with Crippen molar-refractivity contribution in [3.63, 3.8) is 0 Å². The van der Waals surface area contributed by atoms with E-state index < -0.39 is 0 Å². The van der Waals surface area contributed by atoms with Crippen LogP contribution in [0.4, 0.5) is 4.39 Å². The van der Waals surface area contributed by atoms with Crippen LogP contribution in [-0.2, 0) is 6.42 Å². The van der Waals surface area contributed by atoms with E-state index >= 15 is 0 Å². The lowest BCUT2D eigenvalue weighted by molar-refractivity contribution is 0.0914. The van der Waals surface area contributed by atoms with Crippen LogP contribution < -0.4 is 10.9 Å². The van der Waals surface area contributed by atoms with E-state index in [9.17, 15) is 14.0 Å². The molecule has 0 saturated heterocycles. The Hall–Kier alpha value is -3.16. The zero-order valence-electron chi connectivity index (χ0n) is 15.0. The maximum absolute atomic E-state index is 13.7. The van der Waals surface area contributed by atoms with E-state index in [-0.39, 0.29) is 34.4 Å². The van der Waals surface area contributed by atoms with Crippen molar-refractivity contribution in [2.75, 3.05) is 0 Å². The number of H-pyrrole nitrogens is 2. The van der Waals surface area contributed by atoms with Crippen molar-refractivity contribution < 1.29 is 9.18 Å². The highest BCUT2D eigenvalue weighted by Crippen LogP contribution is 2.41. The third-order valence-electron chi connectivity index (χ3n) is 4.88. The number of aromatic amines is 2. The minimum atomic E-state index is -0.361. The van der Waals surface area contributed by atoms with Gasteiger partial charge in [-0.2, -0.15) is 5.10 Å². The van der Waals surface area contributed by atoms with Crippen LogP contribution in [0.5, 0.6) is 0 Å². The van der Waals surface area contributed by atoms with E-state index in [2.05, 4.69) is 34.5 Å². The first-order chi connectivity index (χ1) is 12.8. The standard InChI is InChI=1S/C19H20FN5O2/c1-19(2)8-15(22-18(27)14-7-17(26)24-23-14)13-10-21-25(16(13)9-19)12-5-3-4-11(20)6-12/h3-7,10,15H,8-9H2,1-2H3,(H,22,27)(H2,23,24,26)/t15-/m0/s1. The van der Waals surface area contributed by atoms with Gasteiger partial charge in [0, 0.05) is 11.6 Å². The fourth-order valence-electron chi connectivity index (χ4n) is 3.69. The Bertz CT molecular complexity index is 1060. The van der Waals surface area contributed by atoms with E-state index in [0.717, 1.165) is 24.1 Å². The molecule has 7 nitrogen and oxygen atoms in total. The number of hydrogen-bond donors (Lipinski definition) is 3. The number of nitrogens with one attached hydrogen (secondary N) is 3. The summed E-state index contributed by atoms with van der Waals surface area (Å²) in [5, 5.41) is 12.3. The summed E-state index contributed by atoms with van der Waals surface area (Å²) in [6.45, 7) is 4.24. The highest BCUT2D eigenvalue weighted by Gasteiger charge is 2.36. The number of carbonyl (C=O) groups excluding carboxylic acids is 1. The molecule has 140 valence electrons. The number of benzene rings is 1. The van der Waals surface area contributed by atoms with E-state index in [1.54, 1.807) is 23.0 Å². The molecule has 0 saturated carbocycles. The third-order valence-corrected chi connectivity index (χ3v) is 4.88. The third kappa shape index (κ3) is 3.30. The van der Waals surface area contributed by atoms with E-state index in [1.807, 2.05) is 0 Å². The summed E-state index contributed by atoms with van der Waals surface area (Å²) in [6, 6.07) is 7.25. The summed E-state index contributed by atoms with van der Waals surface area (Å²) in [4.78, 5) is 23.8. The molecule has 1 aliphatic carbocycles. The molecule has 3 aromatic rings. The summed E-state index contributed by atoms with van der Waals surface area (Å²) in [5.41, 5.74) is 2.25. The number of halogens is 1. The molecular weight excluding hydrogens is 349 g/mol. The first kappa shape index (κ1) is 17.3. The molecule has 2 heterocycles. The number of hydrogen-bond acceptors (Lipinski definition) is 3. The monoisotopic (exact) mass is 369 g/mol. The van der Waals surface area contributed by atoms with Crippen LogP contribution in [0.25, 0.3) is 5.69 Å². The first-order valence-electron chi connectivity index (χ1n) is 8.74. The Balaban J connectivity index is 1.70. The van der Waals surface area contributed by atoms with Gasteiger partial charge in [0.2, 0.25) is 0 Å². The van der Waals surface area contributed by atoms with Crippen molar-refractivity contribution in [1.29, 1.82) is 0 Å². The molecule has 1 atom stereocenters. The first-order valence-corrected chi connectivity index (χ1v) is 8.74. The molecule has 0 unspecified atom stereocenters. The van der Waals surface area contributed by atoms with Crippen molar-refractivity contribution in [1.82, 2.24) is 25.3 Å². The van der Waals surface area contributed by atoms with Gasteiger partial charge in [0.25, 0.3) is 11.5 Å². The molecule has 0 radical (unpaired) electrons. The molecule has 4 rings (SSSR count). The predicted molar refractivity (Wildman–Crippen MR) is 97.2 cm³/mol. The smallest absolute Gasteiger partial charge is 0.269 e. The lowest BCUT2D eigenvalue weighted by Crippen LogP contribution is -2.37. The average molecular weight is 369 g/mol. The van der Waals surface area contributed by atoms with Gasteiger partial charge < -0.3 is 5.32 Å². The van der Waals surface area contributed by atoms with Crippen LogP contribution in [0.1, 0.15) is 48.1 Å². The van der Waals surface area contributed by atoms with E-state index in [1.165, 1.54) is 18.2 Å². The Labute approximate surface area is 154 Å². The fourth-order valence-corrected chi connectivity index (χ4v) is 3.69. The molecule has 1 aliphatic rings. The Morgan fingerprint density at radius 2 is 2.15 bits per heavy atom. The molecule has 27 heavy (non-hydrogen) atoms. The Morgan fingerprint density at radius 1 is 1.33 bits per heavy atom. The molecule has 1 aromatic carbocycles. The van der Waals surface area contributed by atoms with Crippen molar-refractivity contribution in [2.45, 2.75) is 32.7 Å². The van der Waals surface area contributed by atoms with Gasteiger partial charge in [-0.3, -0.25) is 19.8 Å². The van der Waals surface area contributed by atoms with Crippen molar-refractivity contribution >= 4 is 5.91 Å². The maximum atomic E-state index is 13.7. The quantitative estimate of drug-likeness (QED) is 0.662. The molecule has 8 heteroatoms. The average Bonchev–Trinajstić information content (AvgIpc) is 3.20. The zero-order chi connectivity index (χ0) is 19.2. The van der Waals surface area contributed by atoms with Crippen LogP contribution in [-0.4, -0.2) is 25.9 Å². The summed E-state index contributed by atoms with van der Waals surface area (Å²) in [5.74, 6) is -0.686. The number of aromatic nitrogens is 4. The summed E-state index contributed by atoms with van der Waals surface area (Å²) in [7, 11) is 0. The van der Waals surface area contributed by atoms with Gasteiger partial charge in [-0.15, -0.1) is 0 Å². The molecule has 1 amide bonds. The molecule has 0 spiro atoms. The molecule has 0 aliphatic heterocycles. The second kappa shape index (κ2) is 6.22. The number of fused-ring (bicyclic) bond motifs is 1. The Kier molecular flexibility index (Phi) is 3.98. The molecular formula is C19H20FN5O2. The second-order valence-corrected chi connectivity index (χ2v) is 7.68. The number of rotatable bonds is 3. The molecule has 0 bridgehead atoms. The second-order valence-electron chi connectivity index (χ2n) is 7.68. The summed E-state index contributed by atoms with van der Waals surface area (Å²) in [6.07, 6.45) is 3.21. The normalized spacial score (nSPS) is 18.1. The lowest BCUT2D eigenvalue weighted by atomic mass is 9.74. The van der Waals surface area contributed by atoms with E-state index in [4.69, 9.17) is 0 Å². The number of carbonyl (C=O) groups is 1. The molecule has 3 N–H and O–H groups in total. The lowest BCUT2D eigenvalue weighted by Gasteiger charge is -2.35. The van der Waals surface area contributed by atoms with Gasteiger partial charge in [-0.05, 0) is 36.5 Å². The van der Waals surface area contributed by atoms with Crippen LogP contribution in [0.15, 0.2) is 41.3 Å². The minimum absolute atomic E-state index is 0.0817.